The van der Waals surface area contributed by atoms with Gasteiger partial charge in [-0.15, -0.1) is 22.7 Å². The minimum atomic E-state index is 1.08. The van der Waals surface area contributed by atoms with E-state index < -0.39 is 0 Å². The molecule has 0 aliphatic heterocycles. The molecular weight excluding hydrogens is 470 g/mol. The number of thiophene rings is 2. The second-order valence-electron chi connectivity index (χ2n) is 6.86. The third kappa shape index (κ3) is 3.99. The zero-order chi connectivity index (χ0) is 20.3. The van der Waals surface area contributed by atoms with E-state index in [0.29, 0.717) is 0 Å². The van der Waals surface area contributed by atoms with Crippen molar-refractivity contribution < 1.29 is 0 Å². The molecule has 5 aromatic rings. The summed E-state index contributed by atoms with van der Waals surface area (Å²) in [7, 11) is 0. The summed E-state index contributed by atoms with van der Waals surface area (Å²) in [6.45, 7) is 0. The van der Waals surface area contributed by atoms with Crippen molar-refractivity contribution in [1.82, 2.24) is 0 Å². The first-order chi connectivity index (χ1) is 14.8. The van der Waals surface area contributed by atoms with E-state index in [1.165, 1.54) is 20.9 Å². The zero-order valence-corrected chi connectivity index (χ0v) is 19.3. The lowest BCUT2D eigenvalue weighted by Gasteiger charge is -2.26. The molecule has 0 N–H and O–H groups in total. The Morgan fingerprint density at radius 2 is 0.900 bits per heavy atom. The molecule has 0 bridgehead atoms. The number of benzene rings is 3. The van der Waals surface area contributed by atoms with Crippen LogP contribution in [-0.4, -0.2) is 0 Å². The van der Waals surface area contributed by atoms with E-state index in [1.54, 1.807) is 22.7 Å². The summed E-state index contributed by atoms with van der Waals surface area (Å²) < 4.78 is 1.08. The van der Waals surface area contributed by atoms with Crippen molar-refractivity contribution in [2.24, 2.45) is 0 Å². The fourth-order valence-corrected chi connectivity index (χ4v) is 5.20. The summed E-state index contributed by atoms with van der Waals surface area (Å²) in [5, 5.41) is 4.24. The van der Waals surface area contributed by atoms with Crippen LogP contribution in [0.15, 0.2) is 112 Å². The molecule has 2 heterocycles. The van der Waals surface area contributed by atoms with Crippen LogP contribution in [0.4, 0.5) is 17.1 Å². The molecule has 0 amide bonds. The Morgan fingerprint density at radius 3 is 1.27 bits per heavy atom. The number of hydrogen-bond acceptors (Lipinski definition) is 3. The Bertz CT molecular complexity index is 1130. The van der Waals surface area contributed by atoms with Gasteiger partial charge in [-0.3, -0.25) is 0 Å². The first-order valence-corrected chi connectivity index (χ1v) is 12.2. The summed E-state index contributed by atoms with van der Waals surface area (Å²) in [4.78, 5) is 4.87. The van der Waals surface area contributed by atoms with Crippen LogP contribution >= 0.6 is 38.6 Å². The Labute approximate surface area is 193 Å². The predicted molar refractivity (Wildman–Crippen MR) is 135 cm³/mol. The largest absolute Gasteiger partial charge is 0.311 e. The average Bonchev–Trinajstić information content (AvgIpc) is 3.51. The van der Waals surface area contributed by atoms with Crippen molar-refractivity contribution in [2.75, 3.05) is 4.90 Å². The standard InChI is InChI=1S/C26H18BrNS2/c27-21-9-15-24(16-10-21)28(22-11-5-19(6-12-22)25-3-1-17-29-25)23-13-7-20(8-14-23)26-4-2-18-30-26/h1-18H. The van der Waals surface area contributed by atoms with Crippen molar-refractivity contribution >= 4 is 55.7 Å². The normalized spacial score (nSPS) is 10.8. The van der Waals surface area contributed by atoms with Gasteiger partial charge in [0.2, 0.25) is 0 Å². The van der Waals surface area contributed by atoms with E-state index in [4.69, 9.17) is 0 Å². The molecule has 0 atom stereocenters. The highest BCUT2D eigenvalue weighted by Gasteiger charge is 2.13. The lowest BCUT2D eigenvalue weighted by atomic mass is 10.1. The fourth-order valence-electron chi connectivity index (χ4n) is 3.47. The van der Waals surface area contributed by atoms with Gasteiger partial charge in [-0.1, -0.05) is 52.3 Å². The monoisotopic (exact) mass is 487 g/mol. The number of hydrogen-bond donors (Lipinski definition) is 0. The minimum Gasteiger partial charge on any atom is -0.311 e. The van der Waals surface area contributed by atoms with Crippen LogP contribution in [0, 0.1) is 0 Å². The summed E-state index contributed by atoms with van der Waals surface area (Å²) in [5.74, 6) is 0. The molecule has 1 nitrogen and oxygen atoms in total. The molecule has 0 saturated heterocycles. The highest BCUT2D eigenvalue weighted by Crippen LogP contribution is 2.37. The molecule has 146 valence electrons. The molecule has 0 aliphatic carbocycles. The number of halogens is 1. The van der Waals surface area contributed by atoms with Gasteiger partial charge in [0.15, 0.2) is 0 Å². The molecule has 0 spiro atoms. The molecule has 2 aromatic heterocycles. The second-order valence-corrected chi connectivity index (χ2v) is 9.67. The SMILES string of the molecule is Brc1ccc(N(c2ccc(-c3cccs3)cc2)c2ccc(-c3cccs3)cc2)cc1. The van der Waals surface area contributed by atoms with Gasteiger partial charge in [0.1, 0.15) is 0 Å². The molecule has 0 unspecified atom stereocenters. The van der Waals surface area contributed by atoms with Crippen LogP contribution in [0.3, 0.4) is 0 Å². The van der Waals surface area contributed by atoms with Gasteiger partial charge in [0.25, 0.3) is 0 Å². The van der Waals surface area contributed by atoms with Gasteiger partial charge in [-0.2, -0.15) is 0 Å². The van der Waals surface area contributed by atoms with Crippen molar-refractivity contribution in [1.29, 1.82) is 0 Å². The van der Waals surface area contributed by atoms with E-state index >= 15 is 0 Å². The van der Waals surface area contributed by atoms with E-state index in [0.717, 1.165) is 21.5 Å². The molecule has 0 aliphatic rings. The highest BCUT2D eigenvalue weighted by atomic mass is 79.9. The van der Waals surface area contributed by atoms with Gasteiger partial charge in [-0.25, -0.2) is 0 Å². The van der Waals surface area contributed by atoms with Crippen LogP contribution in [0.5, 0.6) is 0 Å². The van der Waals surface area contributed by atoms with E-state index in [9.17, 15) is 0 Å². The molecule has 4 heteroatoms. The van der Waals surface area contributed by atoms with Gasteiger partial charge in [-0.05, 0) is 82.6 Å². The quantitative estimate of drug-likeness (QED) is 0.238. The molecular formula is C26H18BrNS2. The molecule has 3 aromatic carbocycles. The minimum absolute atomic E-state index is 1.08. The maximum Gasteiger partial charge on any atom is 0.0462 e. The highest BCUT2D eigenvalue weighted by molar-refractivity contribution is 9.10. The maximum atomic E-state index is 3.55. The first-order valence-electron chi connectivity index (χ1n) is 9.61. The molecule has 0 fully saturated rings. The lowest BCUT2D eigenvalue weighted by Crippen LogP contribution is -2.09. The lowest BCUT2D eigenvalue weighted by molar-refractivity contribution is 1.28. The average molecular weight is 488 g/mol. The molecule has 0 radical (unpaired) electrons. The van der Waals surface area contributed by atoms with Crippen molar-refractivity contribution in [3.05, 3.63) is 112 Å². The van der Waals surface area contributed by atoms with Crippen LogP contribution in [0.2, 0.25) is 0 Å². The van der Waals surface area contributed by atoms with E-state index in [1.807, 2.05) is 0 Å². The summed E-state index contributed by atoms with van der Waals surface area (Å²) in [6.07, 6.45) is 0. The summed E-state index contributed by atoms with van der Waals surface area (Å²) in [5.41, 5.74) is 5.91. The Morgan fingerprint density at radius 1 is 0.500 bits per heavy atom. The van der Waals surface area contributed by atoms with Crippen molar-refractivity contribution in [3.8, 4) is 20.9 Å². The Kier molecular flexibility index (Phi) is 5.54. The van der Waals surface area contributed by atoms with Gasteiger partial charge < -0.3 is 4.90 Å². The third-order valence-electron chi connectivity index (χ3n) is 4.95. The number of anilines is 3. The number of nitrogens with zero attached hydrogens (tertiary/aromatic N) is 1. The molecule has 30 heavy (non-hydrogen) atoms. The van der Waals surface area contributed by atoms with Crippen LogP contribution in [0.25, 0.3) is 20.9 Å². The molecule has 0 saturated carbocycles. The van der Waals surface area contributed by atoms with Gasteiger partial charge in [0.05, 0.1) is 0 Å². The van der Waals surface area contributed by atoms with Gasteiger partial charge >= 0.3 is 0 Å². The maximum absolute atomic E-state index is 3.55. The Hall–Kier alpha value is -2.66. The zero-order valence-electron chi connectivity index (χ0n) is 16.0. The van der Waals surface area contributed by atoms with E-state index in [2.05, 4.69) is 129 Å². The third-order valence-corrected chi connectivity index (χ3v) is 7.31. The van der Waals surface area contributed by atoms with Crippen LogP contribution in [-0.2, 0) is 0 Å². The first kappa shape index (κ1) is 19.3. The van der Waals surface area contributed by atoms with Gasteiger partial charge in [0, 0.05) is 31.3 Å². The second kappa shape index (κ2) is 8.60. The van der Waals surface area contributed by atoms with Crippen molar-refractivity contribution in [3.63, 3.8) is 0 Å². The predicted octanol–water partition coefficient (Wildman–Crippen LogP) is 9.38. The number of rotatable bonds is 5. The van der Waals surface area contributed by atoms with Crippen LogP contribution in [0.1, 0.15) is 0 Å². The smallest absolute Gasteiger partial charge is 0.0462 e. The van der Waals surface area contributed by atoms with E-state index in [-0.39, 0.29) is 0 Å². The van der Waals surface area contributed by atoms with Crippen molar-refractivity contribution in [2.45, 2.75) is 0 Å². The Balaban J connectivity index is 1.54. The molecule has 5 rings (SSSR count). The fraction of sp³-hybridized carbons (Fsp3) is 0. The topological polar surface area (TPSA) is 3.24 Å². The summed E-state index contributed by atoms with van der Waals surface area (Å²) in [6, 6.07) is 34.6. The van der Waals surface area contributed by atoms with Crippen LogP contribution < -0.4 is 4.90 Å². The summed E-state index contributed by atoms with van der Waals surface area (Å²) >= 11 is 7.09.